The highest BCUT2D eigenvalue weighted by Gasteiger charge is 2.26. The molecule has 0 bridgehead atoms. The number of ether oxygens (including phenoxy) is 1. The molecule has 0 heterocycles. The Balaban J connectivity index is 4.08. The van der Waals surface area contributed by atoms with Crippen LogP contribution < -0.4 is 0 Å². The third kappa shape index (κ3) is 9.43. The van der Waals surface area contributed by atoms with E-state index in [1.54, 1.807) is 0 Å². The van der Waals surface area contributed by atoms with Crippen molar-refractivity contribution in [2.24, 2.45) is 11.3 Å². The number of hydrogen-bond donors (Lipinski definition) is 0. The Kier molecular flexibility index (Phi) is 6.30. The molecule has 16 heavy (non-hydrogen) atoms. The van der Waals surface area contributed by atoms with Gasteiger partial charge < -0.3 is 4.74 Å². The van der Waals surface area contributed by atoms with Crippen LogP contribution in [0.5, 0.6) is 0 Å². The van der Waals surface area contributed by atoms with Gasteiger partial charge in [0.1, 0.15) is 0 Å². The van der Waals surface area contributed by atoms with Crippen LogP contribution in [0.15, 0.2) is 0 Å². The molecule has 3 nitrogen and oxygen atoms in total. The molecule has 0 aliphatic rings. The molecule has 0 aromatic carbocycles. The van der Waals surface area contributed by atoms with Crippen LogP contribution in [-0.2, 0) is 13.8 Å². The molecule has 0 N–H and O–H groups in total. The number of hydrogen-bond acceptors (Lipinski definition) is 3. The lowest BCUT2D eigenvalue weighted by Gasteiger charge is -2.25. The van der Waals surface area contributed by atoms with E-state index in [-0.39, 0.29) is 11.9 Å². The molecule has 0 fully saturated rings. The van der Waals surface area contributed by atoms with Gasteiger partial charge in [-0.3, -0.25) is 0 Å². The molecule has 0 rings (SSSR count). The lowest BCUT2D eigenvalue weighted by molar-refractivity contribution is 0.00971. The van der Waals surface area contributed by atoms with Gasteiger partial charge in [-0.1, -0.05) is 27.7 Å². The van der Waals surface area contributed by atoms with Crippen LogP contribution in [0.2, 0.25) is 0 Å². The normalized spacial score (nSPS) is 15.4. The predicted octanol–water partition coefficient (Wildman–Crippen LogP) is 3.03. The van der Waals surface area contributed by atoms with Crippen molar-refractivity contribution >= 4 is 19.7 Å². The summed E-state index contributed by atoms with van der Waals surface area (Å²) in [6, 6.07) is 0. The van der Waals surface area contributed by atoms with E-state index in [9.17, 15) is 8.42 Å². The molecule has 0 aromatic heterocycles. The minimum Gasteiger partial charge on any atom is -0.378 e. The number of rotatable bonds is 7. The predicted molar refractivity (Wildman–Crippen MR) is 68.3 cm³/mol. The van der Waals surface area contributed by atoms with Crippen molar-refractivity contribution in [2.75, 3.05) is 12.4 Å². The summed E-state index contributed by atoms with van der Waals surface area (Å²) in [4.78, 5) is 0. The second kappa shape index (κ2) is 6.22. The standard InChI is InChI=1S/C11H23ClO3S/c1-9(2)6-10(3)15-7-11(4,5)8-16(12,13)14/h9-10H,6-8H2,1-5H3. The molecule has 0 amide bonds. The smallest absolute Gasteiger partial charge is 0.233 e. The lowest BCUT2D eigenvalue weighted by Crippen LogP contribution is -2.29. The molecule has 0 aliphatic heterocycles. The highest BCUT2D eigenvalue weighted by Crippen LogP contribution is 2.22. The minimum absolute atomic E-state index is 0.0596. The van der Waals surface area contributed by atoms with Gasteiger partial charge in [-0.2, -0.15) is 0 Å². The van der Waals surface area contributed by atoms with E-state index < -0.39 is 14.5 Å². The van der Waals surface area contributed by atoms with Crippen molar-refractivity contribution in [1.29, 1.82) is 0 Å². The van der Waals surface area contributed by atoms with Crippen LogP contribution in [0, 0.1) is 11.3 Å². The first kappa shape index (κ1) is 16.2. The van der Waals surface area contributed by atoms with Crippen LogP contribution in [0.3, 0.4) is 0 Å². The fourth-order valence-corrected chi connectivity index (χ4v) is 3.51. The van der Waals surface area contributed by atoms with E-state index in [4.69, 9.17) is 15.4 Å². The molecule has 0 aliphatic carbocycles. The maximum atomic E-state index is 11.0. The molecule has 1 atom stereocenters. The largest absolute Gasteiger partial charge is 0.378 e. The molecule has 5 heteroatoms. The molecule has 0 spiro atoms. The third-order valence-electron chi connectivity index (χ3n) is 2.13. The Bertz CT molecular complexity index is 296. The van der Waals surface area contributed by atoms with Gasteiger partial charge in [0.25, 0.3) is 0 Å². The fraction of sp³-hybridized carbons (Fsp3) is 1.00. The van der Waals surface area contributed by atoms with E-state index >= 15 is 0 Å². The average Bonchev–Trinajstić information content (AvgIpc) is 1.95. The van der Waals surface area contributed by atoms with Gasteiger partial charge >= 0.3 is 0 Å². The Morgan fingerprint density at radius 3 is 2.12 bits per heavy atom. The van der Waals surface area contributed by atoms with Crippen LogP contribution in [0.1, 0.15) is 41.0 Å². The number of halogens is 1. The topological polar surface area (TPSA) is 43.4 Å². The zero-order chi connectivity index (χ0) is 13.0. The Hall–Kier alpha value is 0.200. The molecule has 98 valence electrons. The van der Waals surface area contributed by atoms with Crippen LogP contribution in [0.25, 0.3) is 0 Å². The highest BCUT2D eigenvalue weighted by atomic mass is 35.7. The van der Waals surface area contributed by atoms with Crippen molar-refractivity contribution in [3.05, 3.63) is 0 Å². The van der Waals surface area contributed by atoms with Crippen molar-refractivity contribution in [2.45, 2.75) is 47.1 Å². The first-order valence-corrected chi connectivity index (χ1v) is 8.03. The zero-order valence-electron chi connectivity index (χ0n) is 10.8. The minimum atomic E-state index is -3.46. The second-order valence-corrected chi connectivity index (χ2v) is 8.38. The molecule has 1 unspecified atom stereocenters. The summed E-state index contributed by atoms with van der Waals surface area (Å²) in [5.41, 5.74) is -0.439. The summed E-state index contributed by atoms with van der Waals surface area (Å²) in [7, 11) is 1.77. The van der Waals surface area contributed by atoms with E-state index in [0.29, 0.717) is 12.5 Å². The molecule has 0 radical (unpaired) electrons. The van der Waals surface area contributed by atoms with Gasteiger partial charge in [0.2, 0.25) is 9.05 Å². The van der Waals surface area contributed by atoms with Crippen LogP contribution in [-0.4, -0.2) is 26.9 Å². The van der Waals surface area contributed by atoms with E-state index in [1.165, 1.54) is 0 Å². The van der Waals surface area contributed by atoms with Gasteiger partial charge in [-0.25, -0.2) is 8.42 Å². The van der Waals surface area contributed by atoms with Crippen LogP contribution in [0.4, 0.5) is 0 Å². The van der Waals surface area contributed by atoms with Gasteiger partial charge in [0, 0.05) is 16.1 Å². The fourth-order valence-electron chi connectivity index (χ4n) is 1.61. The lowest BCUT2D eigenvalue weighted by atomic mass is 9.98. The highest BCUT2D eigenvalue weighted by molar-refractivity contribution is 8.13. The van der Waals surface area contributed by atoms with Crippen molar-refractivity contribution in [1.82, 2.24) is 0 Å². The summed E-state index contributed by atoms with van der Waals surface area (Å²) in [5, 5.41) is 0. The quantitative estimate of drug-likeness (QED) is 0.668. The Morgan fingerprint density at radius 2 is 1.75 bits per heavy atom. The maximum Gasteiger partial charge on any atom is 0.233 e. The van der Waals surface area contributed by atoms with E-state index in [2.05, 4.69) is 13.8 Å². The molecular formula is C11H23ClO3S. The van der Waals surface area contributed by atoms with Gasteiger partial charge in [0.05, 0.1) is 18.5 Å². The summed E-state index contributed by atoms with van der Waals surface area (Å²) in [6.45, 7) is 10.4. The van der Waals surface area contributed by atoms with E-state index in [0.717, 1.165) is 6.42 Å². The molecular weight excluding hydrogens is 248 g/mol. The van der Waals surface area contributed by atoms with Gasteiger partial charge in [-0.05, 0) is 19.3 Å². The third-order valence-corrected chi connectivity index (χ3v) is 3.58. The van der Waals surface area contributed by atoms with Crippen LogP contribution >= 0.6 is 10.7 Å². The first-order chi connectivity index (χ1) is 7.02. The SMILES string of the molecule is CC(C)CC(C)OCC(C)(C)CS(=O)(=O)Cl. The summed E-state index contributed by atoms with van der Waals surface area (Å²) in [5.74, 6) is 0.519. The maximum absolute atomic E-state index is 11.0. The Labute approximate surface area is 104 Å². The monoisotopic (exact) mass is 270 g/mol. The molecule has 0 saturated heterocycles. The Morgan fingerprint density at radius 1 is 1.25 bits per heavy atom. The van der Waals surface area contributed by atoms with Gasteiger partial charge in [0.15, 0.2) is 0 Å². The summed E-state index contributed by atoms with van der Waals surface area (Å²) in [6.07, 6.45) is 1.13. The first-order valence-electron chi connectivity index (χ1n) is 5.56. The van der Waals surface area contributed by atoms with Crippen molar-refractivity contribution in [3.63, 3.8) is 0 Å². The van der Waals surface area contributed by atoms with Gasteiger partial charge in [-0.15, -0.1) is 0 Å². The summed E-state index contributed by atoms with van der Waals surface area (Å²) >= 11 is 0. The second-order valence-electron chi connectivity index (χ2n) is 5.60. The summed E-state index contributed by atoms with van der Waals surface area (Å²) < 4.78 is 27.6. The average molecular weight is 271 g/mol. The molecule has 0 saturated carbocycles. The van der Waals surface area contributed by atoms with Crippen molar-refractivity contribution < 1.29 is 13.2 Å². The molecule has 0 aromatic rings. The van der Waals surface area contributed by atoms with E-state index in [1.807, 2.05) is 20.8 Å². The zero-order valence-corrected chi connectivity index (χ0v) is 12.4. The van der Waals surface area contributed by atoms with Crippen molar-refractivity contribution in [3.8, 4) is 0 Å².